The van der Waals surface area contributed by atoms with Crippen LogP contribution in [0.1, 0.15) is 18.9 Å². The van der Waals surface area contributed by atoms with Crippen molar-refractivity contribution >= 4 is 5.97 Å². The summed E-state index contributed by atoms with van der Waals surface area (Å²) in [6, 6.07) is 9.30. The zero-order valence-electron chi connectivity index (χ0n) is 9.97. The standard InChI is InChI=1S/C13H15NO3/c1-10(8-14)6-13(15)17-9-11-4-3-5-12(7-11)16-2/h3-5,7,10H,6,9H2,1-2H3. The number of methoxy groups -OCH3 is 1. The molecule has 0 aliphatic rings. The second-order valence-electron chi connectivity index (χ2n) is 3.75. The third-order valence-corrected chi connectivity index (χ3v) is 2.23. The molecule has 0 fully saturated rings. The Balaban J connectivity index is 2.45. The van der Waals surface area contributed by atoms with Crippen LogP contribution in [0.2, 0.25) is 0 Å². The van der Waals surface area contributed by atoms with Gasteiger partial charge in [-0.15, -0.1) is 0 Å². The van der Waals surface area contributed by atoms with Crippen LogP contribution in [0.15, 0.2) is 24.3 Å². The number of rotatable bonds is 5. The Morgan fingerprint density at radius 1 is 1.53 bits per heavy atom. The maximum atomic E-state index is 11.3. The fourth-order valence-electron chi connectivity index (χ4n) is 1.28. The molecule has 1 atom stereocenters. The van der Waals surface area contributed by atoms with E-state index in [4.69, 9.17) is 14.7 Å². The summed E-state index contributed by atoms with van der Waals surface area (Å²) in [5.74, 6) is 0.0543. The number of carbonyl (C=O) groups excluding carboxylic acids is 1. The number of hydrogen-bond acceptors (Lipinski definition) is 4. The maximum Gasteiger partial charge on any atom is 0.307 e. The van der Waals surface area contributed by atoms with Crippen LogP contribution in [-0.2, 0) is 16.1 Å². The van der Waals surface area contributed by atoms with Crippen LogP contribution in [0.3, 0.4) is 0 Å². The van der Waals surface area contributed by atoms with Crippen molar-refractivity contribution in [3.8, 4) is 11.8 Å². The smallest absolute Gasteiger partial charge is 0.307 e. The molecule has 17 heavy (non-hydrogen) atoms. The Labute approximate surface area is 101 Å². The molecule has 0 bridgehead atoms. The molecule has 0 spiro atoms. The molecule has 0 amide bonds. The fraction of sp³-hybridized carbons (Fsp3) is 0.385. The van der Waals surface area contributed by atoms with Crippen molar-refractivity contribution < 1.29 is 14.3 Å². The molecule has 1 rings (SSSR count). The van der Waals surface area contributed by atoms with Gasteiger partial charge in [-0.05, 0) is 24.6 Å². The van der Waals surface area contributed by atoms with E-state index in [0.717, 1.165) is 11.3 Å². The van der Waals surface area contributed by atoms with Gasteiger partial charge in [-0.2, -0.15) is 5.26 Å². The molecule has 1 unspecified atom stereocenters. The average Bonchev–Trinajstić information content (AvgIpc) is 2.36. The van der Waals surface area contributed by atoms with E-state index in [9.17, 15) is 4.79 Å². The minimum absolute atomic E-state index is 0.125. The summed E-state index contributed by atoms with van der Waals surface area (Å²) in [5.41, 5.74) is 0.863. The first-order valence-electron chi connectivity index (χ1n) is 5.34. The van der Waals surface area contributed by atoms with Gasteiger partial charge in [0, 0.05) is 0 Å². The lowest BCUT2D eigenvalue weighted by Crippen LogP contribution is -2.08. The Hall–Kier alpha value is -2.02. The van der Waals surface area contributed by atoms with Gasteiger partial charge in [0.1, 0.15) is 12.4 Å². The van der Waals surface area contributed by atoms with Crippen LogP contribution in [0.5, 0.6) is 5.75 Å². The first-order valence-corrected chi connectivity index (χ1v) is 5.34. The summed E-state index contributed by atoms with van der Waals surface area (Å²) in [6.07, 6.45) is 0.125. The van der Waals surface area contributed by atoms with Crippen LogP contribution in [0.25, 0.3) is 0 Å². The van der Waals surface area contributed by atoms with Gasteiger partial charge in [0.2, 0.25) is 0 Å². The molecule has 4 nitrogen and oxygen atoms in total. The lowest BCUT2D eigenvalue weighted by atomic mass is 10.1. The van der Waals surface area contributed by atoms with Crippen molar-refractivity contribution in [2.24, 2.45) is 5.92 Å². The van der Waals surface area contributed by atoms with E-state index in [-0.39, 0.29) is 24.9 Å². The minimum Gasteiger partial charge on any atom is -0.497 e. The summed E-state index contributed by atoms with van der Waals surface area (Å²) in [4.78, 5) is 11.3. The van der Waals surface area contributed by atoms with E-state index in [1.165, 1.54) is 0 Å². The summed E-state index contributed by atoms with van der Waals surface area (Å²) in [6.45, 7) is 1.89. The second-order valence-corrected chi connectivity index (χ2v) is 3.75. The second kappa shape index (κ2) is 6.54. The molecule has 0 aromatic heterocycles. The third kappa shape index (κ3) is 4.56. The highest BCUT2D eigenvalue weighted by atomic mass is 16.5. The van der Waals surface area contributed by atoms with E-state index < -0.39 is 0 Å². The highest BCUT2D eigenvalue weighted by Crippen LogP contribution is 2.13. The van der Waals surface area contributed by atoms with Crippen LogP contribution >= 0.6 is 0 Å². The maximum absolute atomic E-state index is 11.3. The zero-order chi connectivity index (χ0) is 12.7. The van der Waals surface area contributed by atoms with Crippen LogP contribution in [-0.4, -0.2) is 13.1 Å². The van der Waals surface area contributed by atoms with Crippen molar-refractivity contribution in [1.29, 1.82) is 5.26 Å². The molecular weight excluding hydrogens is 218 g/mol. The molecule has 4 heteroatoms. The van der Waals surface area contributed by atoms with Gasteiger partial charge in [0.15, 0.2) is 0 Å². The average molecular weight is 233 g/mol. The molecule has 0 saturated heterocycles. The Morgan fingerprint density at radius 3 is 2.94 bits per heavy atom. The van der Waals surface area contributed by atoms with Crippen molar-refractivity contribution in [2.75, 3.05) is 7.11 Å². The third-order valence-electron chi connectivity index (χ3n) is 2.23. The number of benzene rings is 1. The summed E-state index contributed by atoms with van der Waals surface area (Å²) in [5, 5.41) is 8.56. The molecule has 0 saturated carbocycles. The number of nitrogens with zero attached hydrogens (tertiary/aromatic N) is 1. The summed E-state index contributed by atoms with van der Waals surface area (Å²) < 4.78 is 10.1. The quantitative estimate of drug-likeness (QED) is 0.732. The van der Waals surface area contributed by atoms with Gasteiger partial charge in [0.05, 0.1) is 25.5 Å². The highest BCUT2D eigenvalue weighted by molar-refractivity contribution is 5.70. The van der Waals surface area contributed by atoms with E-state index in [0.29, 0.717) is 0 Å². The number of ether oxygens (including phenoxy) is 2. The van der Waals surface area contributed by atoms with Gasteiger partial charge < -0.3 is 9.47 Å². The first-order chi connectivity index (χ1) is 8.15. The van der Waals surface area contributed by atoms with Gasteiger partial charge in [-0.25, -0.2) is 0 Å². The largest absolute Gasteiger partial charge is 0.497 e. The molecule has 0 N–H and O–H groups in total. The monoisotopic (exact) mass is 233 g/mol. The topological polar surface area (TPSA) is 59.3 Å². The van der Waals surface area contributed by atoms with Gasteiger partial charge in [-0.1, -0.05) is 12.1 Å². The van der Waals surface area contributed by atoms with Crippen molar-refractivity contribution in [1.82, 2.24) is 0 Å². The Bertz CT molecular complexity index is 423. The minimum atomic E-state index is -0.359. The van der Waals surface area contributed by atoms with E-state index in [1.807, 2.05) is 24.3 Å². The Morgan fingerprint density at radius 2 is 2.29 bits per heavy atom. The van der Waals surface area contributed by atoms with Gasteiger partial charge in [0.25, 0.3) is 0 Å². The van der Waals surface area contributed by atoms with Crippen molar-refractivity contribution in [3.63, 3.8) is 0 Å². The summed E-state index contributed by atoms with van der Waals surface area (Å²) >= 11 is 0. The molecule has 0 heterocycles. The van der Waals surface area contributed by atoms with Crippen molar-refractivity contribution in [2.45, 2.75) is 20.0 Å². The molecule has 0 aliphatic heterocycles. The van der Waals surface area contributed by atoms with Crippen LogP contribution < -0.4 is 4.74 Å². The summed E-state index contributed by atoms with van der Waals surface area (Å²) in [7, 11) is 1.58. The molecule has 90 valence electrons. The van der Waals surface area contributed by atoms with E-state index in [1.54, 1.807) is 20.1 Å². The van der Waals surface area contributed by atoms with E-state index in [2.05, 4.69) is 0 Å². The van der Waals surface area contributed by atoms with Crippen molar-refractivity contribution in [3.05, 3.63) is 29.8 Å². The molecule has 0 aliphatic carbocycles. The zero-order valence-corrected chi connectivity index (χ0v) is 9.97. The molecule has 0 radical (unpaired) electrons. The predicted octanol–water partition coefficient (Wildman–Crippen LogP) is 2.29. The molecular formula is C13H15NO3. The highest BCUT2D eigenvalue weighted by Gasteiger charge is 2.09. The normalized spacial score (nSPS) is 11.4. The number of nitriles is 1. The van der Waals surface area contributed by atoms with E-state index >= 15 is 0 Å². The SMILES string of the molecule is COc1cccc(COC(=O)CC(C)C#N)c1. The molecule has 1 aromatic carbocycles. The predicted molar refractivity (Wildman–Crippen MR) is 62.2 cm³/mol. The van der Waals surface area contributed by atoms with Gasteiger partial charge in [-0.3, -0.25) is 4.79 Å². The van der Waals surface area contributed by atoms with Gasteiger partial charge >= 0.3 is 5.97 Å². The number of carbonyl (C=O) groups is 1. The fourth-order valence-corrected chi connectivity index (χ4v) is 1.28. The van der Waals surface area contributed by atoms with Crippen LogP contribution in [0, 0.1) is 17.2 Å². The van der Waals surface area contributed by atoms with Crippen LogP contribution in [0.4, 0.5) is 0 Å². The lowest BCUT2D eigenvalue weighted by molar-refractivity contribution is -0.145. The Kier molecular flexibility index (Phi) is 5.02. The number of hydrogen-bond donors (Lipinski definition) is 0. The molecule has 1 aromatic rings. The lowest BCUT2D eigenvalue weighted by Gasteiger charge is -2.07. The first kappa shape index (κ1) is 13.0. The number of esters is 1.